The molecule has 140 valence electrons. The molecule has 0 fully saturated rings. The third-order valence-corrected chi connectivity index (χ3v) is 4.88. The predicted octanol–water partition coefficient (Wildman–Crippen LogP) is 3.45. The average molecular weight is 365 g/mol. The number of anilines is 1. The van der Waals surface area contributed by atoms with Gasteiger partial charge in [0.05, 0.1) is 5.69 Å². The molecule has 2 aromatic carbocycles. The number of carboxylic acids is 1. The number of hydrogen-bond donors (Lipinski definition) is 2. The number of hydrogen-bond acceptors (Lipinski definition) is 4. The molecular formula is C21H23N3O3. The number of rotatable bonds is 5. The van der Waals surface area contributed by atoms with Crippen molar-refractivity contribution in [3.63, 3.8) is 0 Å². The van der Waals surface area contributed by atoms with Gasteiger partial charge in [0, 0.05) is 24.2 Å². The Balaban J connectivity index is 1.78. The Morgan fingerprint density at radius 3 is 2.41 bits per heavy atom. The summed E-state index contributed by atoms with van der Waals surface area (Å²) in [6.45, 7) is 6.59. The minimum Gasteiger partial charge on any atom is -0.479 e. The van der Waals surface area contributed by atoms with Gasteiger partial charge in [0.25, 0.3) is 5.91 Å². The summed E-state index contributed by atoms with van der Waals surface area (Å²) in [5, 5.41) is 18.6. The normalized spacial score (nSPS) is 14.6. The summed E-state index contributed by atoms with van der Waals surface area (Å²) in [5.74, 6) is -1.51. The highest BCUT2D eigenvalue weighted by Crippen LogP contribution is 2.23. The van der Waals surface area contributed by atoms with Crippen molar-refractivity contribution < 1.29 is 14.7 Å². The largest absolute Gasteiger partial charge is 0.479 e. The van der Waals surface area contributed by atoms with Gasteiger partial charge in [0.2, 0.25) is 0 Å². The van der Waals surface area contributed by atoms with Crippen LogP contribution in [0.4, 0.5) is 5.69 Å². The molecule has 1 aliphatic rings. The van der Waals surface area contributed by atoms with E-state index >= 15 is 0 Å². The molecule has 1 aliphatic heterocycles. The molecule has 1 atom stereocenters. The molecule has 1 heterocycles. The quantitative estimate of drug-likeness (QED) is 0.850. The topological polar surface area (TPSA) is 82.0 Å². The van der Waals surface area contributed by atoms with Crippen molar-refractivity contribution in [2.75, 3.05) is 11.6 Å². The highest BCUT2D eigenvalue weighted by molar-refractivity contribution is 5.97. The molecule has 0 spiro atoms. The zero-order chi connectivity index (χ0) is 19.6. The molecule has 0 radical (unpaired) electrons. The summed E-state index contributed by atoms with van der Waals surface area (Å²) >= 11 is 0. The first kappa shape index (κ1) is 18.6. The summed E-state index contributed by atoms with van der Waals surface area (Å²) in [7, 11) is 0. The van der Waals surface area contributed by atoms with Crippen molar-refractivity contribution in [2.24, 2.45) is 5.10 Å². The molecule has 0 aliphatic carbocycles. The van der Waals surface area contributed by atoms with Gasteiger partial charge < -0.3 is 10.4 Å². The minimum atomic E-state index is -1.09. The van der Waals surface area contributed by atoms with E-state index in [1.54, 1.807) is 24.3 Å². The third kappa shape index (κ3) is 4.00. The lowest BCUT2D eigenvalue weighted by atomic mass is 9.97. The van der Waals surface area contributed by atoms with Gasteiger partial charge in [-0.15, -0.1) is 0 Å². The number of hydrazone groups is 1. The zero-order valence-electron chi connectivity index (χ0n) is 15.7. The second-order valence-electron chi connectivity index (χ2n) is 6.79. The maximum atomic E-state index is 12.6. The first-order valence-electron chi connectivity index (χ1n) is 8.88. The molecule has 6 heteroatoms. The first-order chi connectivity index (χ1) is 12.9. The van der Waals surface area contributed by atoms with Crippen LogP contribution in [0.25, 0.3) is 0 Å². The number of aliphatic carboxylic acids is 1. The van der Waals surface area contributed by atoms with E-state index < -0.39 is 17.9 Å². The van der Waals surface area contributed by atoms with Crippen LogP contribution in [0.2, 0.25) is 0 Å². The van der Waals surface area contributed by atoms with Crippen LogP contribution >= 0.6 is 0 Å². The monoisotopic (exact) mass is 365 g/mol. The molecule has 2 N–H and O–H groups in total. The number of amides is 1. The molecule has 0 saturated carbocycles. The van der Waals surface area contributed by atoms with Crippen LogP contribution in [0.1, 0.15) is 46.4 Å². The zero-order valence-corrected chi connectivity index (χ0v) is 15.7. The minimum absolute atomic E-state index is 0.412. The first-order valence-corrected chi connectivity index (χ1v) is 8.88. The Kier molecular flexibility index (Phi) is 5.26. The van der Waals surface area contributed by atoms with E-state index in [9.17, 15) is 14.7 Å². The van der Waals surface area contributed by atoms with Gasteiger partial charge in [-0.25, -0.2) is 4.79 Å². The van der Waals surface area contributed by atoms with Crippen molar-refractivity contribution >= 4 is 23.3 Å². The van der Waals surface area contributed by atoms with Crippen LogP contribution in [0, 0.1) is 13.8 Å². The smallest absolute Gasteiger partial charge is 0.330 e. The molecule has 0 aromatic heterocycles. The molecule has 1 unspecified atom stereocenters. The van der Waals surface area contributed by atoms with Gasteiger partial charge in [-0.3, -0.25) is 9.80 Å². The van der Waals surface area contributed by atoms with Crippen molar-refractivity contribution in [1.29, 1.82) is 0 Å². The van der Waals surface area contributed by atoms with Gasteiger partial charge in [-0.2, -0.15) is 5.10 Å². The standard InChI is InChI=1S/C21H23N3O3/c1-13-5-4-6-18(15(13)3)19(21(26)27)22-20(25)16-7-9-17(10-8-16)24-12-11-14(2)23-24/h4-10,19H,11-12H2,1-3H3,(H,22,25)(H,26,27). The van der Waals surface area contributed by atoms with Crippen molar-refractivity contribution in [3.05, 3.63) is 64.7 Å². The van der Waals surface area contributed by atoms with Crippen molar-refractivity contribution in [2.45, 2.75) is 33.2 Å². The van der Waals surface area contributed by atoms with Crippen LogP contribution in [-0.2, 0) is 4.79 Å². The van der Waals surface area contributed by atoms with Gasteiger partial charge in [0.1, 0.15) is 0 Å². The van der Waals surface area contributed by atoms with Crippen LogP contribution < -0.4 is 10.3 Å². The van der Waals surface area contributed by atoms with E-state index in [2.05, 4.69) is 10.4 Å². The number of carbonyl (C=O) groups is 2. The molecule has 6 nitrogen and oxygen atoms in total. The molecule has 2 aromatic rings. The molecule has 27 heavy (non-hydrogen) atoms. The van der Waals surface area contributed by atoms with Gasteiger partial charge in [-0.1, -0.05) is 18.2 Å². The highest BCUT2D eigenvalue weighted by atomic mass is 16.4. The predicted molar refractivity (Wildman–Crippen MR) is 105 cm³/mol. The van der Waals surface area contributed by atoms with Crippen LogP contribution in [0.5, 0.6) is 0 Å². The molecule has 0 bridgehead atoms. The van der Waals surface area contributed by atoms with Gasteiger partial charge in [-0.05, 0) is 61.7 Å². The number of carbonyl (C=O) groups excluding carboxylic acids is 1. The number of nitrogens with zero attached hydrogens (tertiary/aromatic N) is 2. The average Bonchev–Trinajstić information content (AvgIpc) is 3.08. The Labute approximate surface area is 158 Å². The summed E-state index contributed by atoms with van der Waals surface area (Å²) in [6, 6.07) is 11.4. The van der Waals surface area contributed by atoms with Crippen LogP contribution in [-0.4, -0.2) is 29.2 Å². The maximum Gasteiger partial charge on any atom is 0.330 e. The van der Waals surface area contributed by atoms with Gasteiger partial charge in [0.15, 0.2) is 6.04 Å². The number of carboxylic acid groups (broad SMARTS) is 1. The second-order valence-corrected chi connectivity index (χ2v) is 6.79. The number of benzene rings is 2. The van der Waals surface area contributed by atoms with E-state index in [4.69, 9.17) is 0 Å². The fourth-order valence-electron chi connectivity index (χ4n) is 3.12. The lowest BCUT2D eigenvalue weighted by Crippen LogP contribution is -2.34. The SMILES string of the molecule is CC1=NN(c2ccc(C(=O)NC(C(=O)O)c3cccc(C)c3C)cc2)CC1. The second kappa shape index (κ2) is 7.61. The van der Waals surface area contributed by atoms with E-state index in [0.29, 0.717) is 11.1 Å². The van der Waals surface area contributed by atoms with Gasteiger partial charge >= 0.3 is 5.97 Å². The molecule has 0 saturated heterocycles. The lowest BCUT2D eigenvalue weighted by Gasteiger charge is -2.19. The lowest BCUT2D eigenvalue weighted by molar-refractivity contribution is -0.139. The van der Waals surface area contributed by atoms with E-state index in [1.807, 2.05) is 44.0 Å². The van der Waals surface area contributed by atoms with E-state index in [0.717, 1.165) is 35.5 Å². The summed E-state index contributed by atoms with van der Waals surface area (Å²) < 4.78 is 0. The van der Waals surface area contributed by atoms with Crippen molar-refractivity contribution in [3.8, 4) is 0 Å². The Morgan fingerprint density at radius 2 is 1.81 bits per heavy atom. The Hall–Kier alpha value is -3.15. The Bertz CT molecular complexity index is 903. The maximum absolute atomic E-state index is 12.6. The molecular weight excluding hydrogens is 342 g/mol. The third-order valence-electron chi connectivity index (χ3n) is 4.88. The summed E-state index contributed by atoms with van der Waals surface area (Å²) in [6.07, 6.45) is 0.929. The number of aryl methyl sites for hydroxylation is 1. The van der Waals surface area contributed by atoms with E-state index in [-0.39, 0.29) is 0 Å². The van der Waals surface area contributed by atoms with Crippen molar-refractivity contribution in [1.82, 2.24) is 5.32 Å². The van der Waals surface area contributed by atoms with E-state index in [1.165, 1.54) is 0 Å². The highest BCUT2D eigenvalue weighted by Gasteiger charge is 2.24. The fraction of sp³-hybridized carbons (Fsp3) is 0.286. The van der Waals surface area contributed by atoms with Crippen LogP contribution in [0.3, 0.4) is 0 Å². The number of nitrogens with one attached hydrogen (secondary N) is 1. The summed E-state index contributed by atoms with van der Waals surface area (Å²) in [5.41, 5.74) is 4.84. The Morgan fingerprint density at radius 1 is 1.11 bits per heavy atom. The fourth-order valence-corrected chi connectivity index (χ4v) is 3.12. The summed E-state index contributed by atoms with van der Waals surface area (Å²) in [4.78, 5) is 24.4. The van der Waals surface area contributed by atoms with Crippen LogP contribution in [0.15, 0.2) is 47.6 Å². The molecule has 1 amide bonds. The molecule has 3 rings (SSSR count).